The summed E-state index contributed by atoms with van der Waals surface area (Å²) >= 11 is 0. The maximum absolute atomic E-state index is 12.8. The first-order valence-corrected chi connectivity index (χ1v) is 8.87. The molecule has 3 rings (SSSR count). The summed E-state index contributed by atoms with van der Waals surface area (Å²) in [5, 5.41) is 19.3. The third-order valence-electron chi connectivity index (χ3n) is 3.99. The Morgan fingerprint density at radius 1 is 1.17 bits per heavy atom. The van der Waals surface area contributed by atoms with Gasteiger partial charge in [-0.2, -0.15) is 0 Å². The molecule has 0 saturated carbocycles. The van der Waals surface area contributed by atoms with Crippen molar-refractivity contribution in [2.75, 3.05) is 0 Å². The average molecular weight is 332 g/mol. The minimum absolute atomic E-state index is 0.0525. The SMILES string of the molecule is Cc1cc(O)cc(C)c1S(=O)(=O)Cc1ccc2c(c1)B(O)OC2. The van der Waals surface area contributed by atoms with E-state index in [0.717, 1.165) is 5.56 Å². The number of fused-ring (bicyclic) bond motifs is 1. The lowest BCUT2D eigenvalue weighted by Gasteiger charge is -2.12. The van der Waals surface area contributed by atoms with E-state index in [9.17, 15) is 18.5 Å². The highest BCUT2D eigenvalue weighted by atomic mass is 32.2. The average Bonchev–Trinajstić information content (AvgIpc) is 2.78. The number of hydrogen-bond donors (Lipinski definition) is 2. The third kappa shape index (κ3) is 2.99. The lowest BCUT2D eigenvalue weighted by molar-refractivity contribution is 0.275. The Bertz CT molecular complexity index is 853. The van der Waals surface area contributed by atoms with E-state index in [2.05, 4.69) is 0 Å². The normalized spacial score (nSPS) is 14.1. The fraction of sp³-hybridized carbons (Fsp3) is 0.250. The summed E-state index contributed by atoms with van der Waals surface area (Å²) in [6.07, 6.45) is 0. The first-order chi connectivity index (χ1) is 10.8. The molecule has 0 radical (unpaired) electrons. The molecule has 5 nitrogen and oxygen atoms in total. The number of sulfone groups is 1. The summed E-state index contributed by atoms with van der Waals surface area (Å²) in [5.41, 5.74) is 3.13. The van der Waals surface area contributed by atoms with E-state index in [1.54, 1.807) is 32.0 Å². The van der Waals surface area contributed by atoms with Crippen molar-refractivity contribution >= 4 is 22.4 Å². The second-order valence-corrected chi connectivity index (χ2v) is 7.79. The first-order valence-electron chi connectivity index (χ1n) is 7.22. The van der Waals surface area contributed by atoms with Crippen molar-refractivity contribution in [2.45, 2.75) is 31.1 Å². The topological polar surface area (TPSA) is 83.8 Å². The summed E-state index contributed by atoms with van der Waals surface area (Å²) < 4.78 is 30.6. The highest BCUT2D eigenvalue weighted by Gasteiger charge is 2.28. The van der Waals surface area contributed by atoms with Crippen LogP contribution in [0.4, 0.5) is 0 Å². The molecule has 0 aromatic heterocycles. The highest BCUT2D eigenvalue weighted by Crippen LogP contribution is 2.28. The second-order valence-electron chi connectivity index (χ2n) is 5.86. The lowest BCUT2D eigenvalue weighted by Crippen LogP contribution is -2.28. The molecule has 0 amide bonds. The van der Waals surface area contributed by atoms with Gasteiger partial charge in [0.25, 0.3) is 0 Å². The van der Waals surface area contributed by atoms with Crippen LogP contribution in [0.1, 0.15) is 22.3 Å². The van der Waals surface area contributed by atoms with Crippen molar-refractivity contribution in [3.05, 3.63) is 52.6 Å². The van der Waals surface area contributed by atoms with Gasteiger partial charge in [-0.25, -0.2) is 8.42 Å². The minimum atomic E-state index is -3.56. The molecule has 7 heteroatoms. The Morgan fingerprint density at radius 2 is 1.83 bits per heavy atom. The zero-order chi connectivity index (χ0) is 16.8. The highest BCUT2D eigenvalue weighted by molar-refractivity contribution is 7.90. The standard InChI is InChI=1S/C16H17BO5S/c1-10-5-14(18)6-11(2)16(10)23(20,21)9-12-3-4-13-8-22-17(19)15(13)7-12/h3-7,18-19H,8-9H2,1-2H3. The fourth-order valence-electron chi connectivity index (χ4n) is 3.06. The molecule has 1 aliphatic heterocycles. The van der Waals surface area contributed by atoms with Crippen LogP contribution in [0.2, 0.25) is 0 Å². The predicted molar refractivity (Wildman–Crippen MR) is 87.3 cm³/mol. The molecule has 0 saturated heterocycles. The van der Waals surface area contributed by atoms with E-state index in [1.165, 1.54) is 12.1 Å². The third-order valence-corrected chi connectivity index (χ3v) is 5.97. The van der Waals surface area contributed by atoms with E-state index in [4.69, 9.17) is 4.65 Å². The fourth-order valence-corrected chi connectivity index (χ4v) is 4.93. The van der Waals surface area contributed by atoms with Crippen LogP contribution in [0.25, 0.3) is 0 Å². The number of aryl methyl sites for hydroxylation is 2. The predicted octanol–water partition coefficient (Wildman–Crippen LogP) is 1.20. The smallest absolute Gasteiger partial charge is 0.491 e. The number of aromatic hydroxyl groups is 1. The molecule has 1 aliphatic rings. The second kappa shape index (κ2) is 5.67. The van der Waals surface area contributed by atoms with Crippen molar-refractivity contribution in [1.82, 2.24) is 0 Å². The molecule has 23 heavy (non-hydrogen) atoms. The molecule has 2 aromatic rings. The molecule has 120 valence electrons. The van der Waals surface area contributed by atoms with Gasteiger partial charge < -0.3 is 14.8 Å². The van der Waals surface area contributed by atoms with Gasteiger partial charge in [0.2, 0.25) is 0 Å². The Kier molecular flexibility index (Phi) is 3.95. The van der Waals surface area contributed by atoms with Crippen LogP contribution in [-0.4, -0.2) is 25.7 Å². The molecule has 0 unspecified atom stereocenters. The maximum Gasteiger partial charge on any atom is 0.491 e. The number of benzene rings is 2. The molecule has 0 fully saturated rings. The summed E-state index contributed by atoms with van der Waals surface area (Å²) in [6.45, 7) is 3.67. The van der Waals surface area contributed by atoms with E-state index in [0.29, 0.717) is 28.8 Å². The Morgan fingerprint density at radius 3 is 2.48 bits per heavy atom. The largest absolute Gasteiger partial charge is 0.508 e. The van der Waals surface area contributed by atoms with E-state index < -0.39 is 17.0 Å². The van der Waals surface area contributed by atoms with Gasteiger partial charge in [0.05, 0.1) is 17.3 Å². The van der Waals surface area contributed by atoms with Crippen molar-refractivity contribution < 1.29 is 23.2 Å². The van der Waals surface area contributed by atoms with Crippen LogP contribution < -0.4 is 5.46 Å². The van der Waals surface area contributed by atoms with Gasteiger partial charge in [0, 0.05) is 0 Å². The number of hydrogen-bond acceptors (Lipinski definition) is 5. The van der Waals surface area contributed by atoms with Gasteiger partial charge in [-0.05, 0) is 53.7 Å². The molecule has 1 heterocycles. The summed E-state index contributed by atoms with van der Waals surface area (Å²) in [4.78, 5) is 0.243. The van der Waals surface area contributed by atoms with Gasteiger partial charge in [-0.15, -0.1) is 0 Å². The van der Waals surface area contributed by atoms with E-state index in [1.807, 2.05) is 0 Å². The zero-order valence-corrected chi connectivity index (χ0v) is 13.7. The zero-order valence-electron chi connectivity index (χ0n) is 12.9. The minimum Gasteiger partial charge on any atom is -0.508 e. The van der Waals surface area contributed by atoms with Crippen molar-refractivity contribution in [2.24, 2.45) is 0 Å². The molecule has 0 atom stereocenters. The molecule has 0 aliphatic carbocycles. The monoisotopic (exact) mass is 332 g/mol. The van der Waals surface area contributed by atoms with Crippen LogP contribution in [0.5, 0.6) is 5.75 Å². The van der Waals surface area contributed by atoms with Crippen LogP contribution in [0, 0.1) is 13.8 Å². The van der Waals surface area contributed by atoms with Crippen LogP contribution in [0.15, 0.2) is 35.2 Å². The van der Waals surface area contributed by atoms with Crippen LogP contribution in [0.3, 0.4) is 0 Å². The van der Waals surface area contributed by atoms with E-state index >= 15 is 0 Å². The van der Waals surface area contributed by atoms with Crippen LogP contribution >= 0.6 is 0 Å². The number of phenolic OH excluding ortho intramolecular Hbond substituents is 1. The number of rotatable bonds is 3. The van der Waals surface area contributed by atoms with Gasteiger partial charge in [0.1, 0.15) is 5.75 Å². The molecular formula is C16H17BO5S. The molecular weight excluding hydrogens is 315 g/mol. The molecule has 2 aromatic carbocycles. The van der Waals surface area contributed by atoms with Gasteiger partial charge in [-0.1, -0.05) is 18.2 Å². The van der Waals surface area contributed by atoms with Crippen molar-refractivity contribution in [3.63, 3.8) is 0 Å². The van der Waals surface area contributed by atoms with Gasteiger partial charge in [0.15, 0.2) is 9.84 Å². The molecule has 0 spiro atoms. The Balaban J connectivity index is 1.98. The number of phenols is 1. The van der Waals surface area contributed by atoms with Crippen LogP contribution in [-0.2, 0) is 26.9 Å². The maximum atomic E-state index is 12.8. The van der Waals surface area contributed by atoms with E-state index in [-0.39, 0.29) is 16.4 Å². The molecule has 0 bridgehead atoms. The van der Waals surface area contributed by atoms with Gasteiger partial charge >= 0.3 is 7.12 Å². The quantitative estimate of drug-likeness (QED) is 0.825. The summed E-state index contributed by atoms with van der Waals surface area (Å²) in [5.74, 6) is -0.115. The Labute approximate surface area is 135 Å². The Hall–Kier alpha value is -1.83. The molecule has 2 N–H and O–H groups in total. The first kappa shape index (κ1) is 16.0. The summed E-state index contributed by atoms with van der Waals surface area (Å²) in [7, 11) is -4.56. The van der Waals surface area contributed by atoms with Gasteiger partial charge in [-0.3, -0.25) is 0 Å². The lowest BCUT2D eigenvalue weighted by atomic mass is 9.79. The van der Waals surface area contributed by atoms with Crippen molar-refractivity contribution in [3.8, 4) is 5.75 Å². The van der Waals surface area contributed by atoms with Crippen molar-refractivity contribution in [1.29, 1.82) is 0 Å². The summed E-state index contributed by atoms with van der Waals surface area (Å²) in [6, 6.07) is 8.09.